The Morgan fingerprint density at radius 1 is 1.35 bits per heavy atom. The lowest BCUT2D eigenvalue weighted by Gasteiger charge is -2.36. The van der Waals surface area contributed by atoms with Crippen LogP contribution < -0.4 is 0 Å². The van der Waals surface area contributed by atoms with Crippen molar-refractivity contribution in [2.45, 2.75) is 43.2 Å². The van der Waals surface area contributed by atoms with E-state index in [1.807, 2.05) is 0 Å². The highest BCUT2D eigenvalue weighted by molar-refractivity contribution is 6.34. The first-order chi connectivity index (χ1) is 10.7. The number of nitrogens with zero attached hydrogens (tertiary/aromatic N) is 2. The Kier molecular flexibility index (Phi) is 4.01. The number of aliphatic hydroxyl groups is 1. The number of carbonyl (C=O) groups is 1. The third-order valence-electron chi connectivity index (χ3n) is 4.62. The number of pyridine rings is 1. The van der Waals surface area contributed by atoms with Gasteiger partial charge < -0.3 is 10.0 Å². The number of aliphatic hydroxyl groups excluding tert-OH is 1. The maximum atomic E-state index is 14.0. The van der Waals surface area contributed by atoms with E-state index in [4.69, 9.17) is 23.2 Å². The topological polar surface area (TPSA) is 53.4 Å². The van der Waals surface area contributed by atoms with E-state index >= 15 is 0 Å². The van der Waals surface area contributed by atoms with Crippen LogP contribution in [0.3, 0.4) is 0 Å². The van der Waals surface area contributed by atoms with Crippen LogP contribution >= 0.6 is 23.2 Å². The average Bonchev–Trinajstić information content (AvgIpc) is 3.05. The van der Waals surface area contributed by atoms with Crippen LogP contribution in [0.1, 0.15) is 36.2 Å². The van der Waals surface area contributed by atoms with Gasteiger partial charge in [-0.15, -0.1) is 0 Å². The highest BCUT2D eigenvalue weighted by Crippen LogP contribution is 2.49. The molecule has 126 valence electrons. The van der Waals surface area contributed by atoms with Crippen molar-refractivity contribution in [2.24, 2.45) is 0 Å². The van der Waals surface area contributed by atoms with Gasteiger partial charge in [0.05, 0.1) is 17.1 Å². The fraction of sp³-hybridized carbons (Fsp3) is 0.571. The van der Waals surface area contributed by atoms with E-state index < -0.39 is 46.0 Å². The van der Waals surface area contributed by atoms with E-state index in [9.17, 15) is 23.1 Å². The van der Waals surface area contributed by atoms with Gasteiger partial charge in [0.2, 0.25) is 0 Å². The Morgan fingerprint density at radius 2 is 1.96 bits per heavy atom. The molecule has 0 aromatic carbocycles. The molecule has 1 aliphatic carbocycles. The first kappa shape index (κ1) is 16.8. The van der Waals surface area contributed by atoms with Crippen LogP contribution in [0.5, 0.6) is 0 Å². The first-order valence-corrected chi connectivity index (χ1v) is 7.84. The van der Waals surface area contributed by atoms with Crippen molar-refractivity contribution in [3.63, 3.8) is 0 Å². The van der Waals surface area contributed by atoms with Crippen molar-refractivity contribution in [3.05, 3.63) is 27.8 Å². The van der Waals surface area contributed by atoms with Gasteiger partial charge >= 0.3 is 0 Å². The molecule has 1 spiro atoms. The molecule has 1 unspecified atom stereocenters. The number of hydrogen-bond acceptors (Lipinski definition) is 3. The van der Waals surface area contributed by atoms with Crippen LogP contribution in [0.2, 0.25) is 10.2 Å². The molecule has 0 radical (unpaired) electrons. The van der Waals surface area contributed by atoms with Gasteiger partial charge in [0.1, 0.15) is 11.8 Å². The van der Waals surface area contributed by atoms with Crippen LogP contribution in [0.15, 0.2) is 6.07 Å². The number of halogens is 5. The van der Waals surface area contributed by atoms with E-state index in [1.165, 1.54) is 0 Å². The summed E-state index contributed by atoms with van der Waals surface area (Å²) in [7, 11) is 0. The van der Waals surface area contributed by atoms with Gasteiger partial charge in [0.15, 0.2) is 11.0 Å². The Bertz CT molecular complexity index is 642. The zero-order valence-electron chi connectivity index (χ0n) is 11.8. The van der Waals surface area contributed by atoms with E-state index in [1.54, 1.807) is 0 Å². The Labute approximate surface area is 140 Å². The minimum Gasteiger partial charge on any atom is -0.384 e. The SMILES string of the molecule is O=C(c1cc(Cl)c(F)c(Cl)n1)N1CC(F)(F)C(O)C12CCCC2. The maximum Gasteiger partial charge on any atom is 0.292 e. The Hall–Kier alpha value is -1.05. The van der Waals surface area contributed by atoms with Crippen LogP contribution in [-0.4, -0.2) is 45.0 Å². The molecule has 1 N–H and O–H groups in total. The van der Waals surface area contributed by atoms with Crippen molar-refractivity contribution >= 4 is 29.1 Å². The zero-order chi connectivity index (χ0) is 17.0. The number of carbonyl (C=O) groups excluding carboxylic acids is 1. The van der Waals surface area contributed by atoms with E-state index in [0.717, 1.165) is 11.0 Å². The average molecular weight is 369 g/mol. The van der Waals surface area contributed by atoms with Crippen LogP contribution in [0.4, 0.5) is 13.2 Å². The number of amides is 1. The number of aromatic nitrogens is 1. The molecule has 9 heteroatoms. The summed E-state index contributed by atoms with van der Waals surface area (Å²) in [5.41, 5.74) is -1.65. The van der Waals surface area contributed by atoms with Gasteiger partial charge in [0, 0.05) is 0 Å². The minimum absolute atomic E-state index is 0.276. The molecule has 2 heterocycles. The fourth-order valence-corrected chi connectivity index (χ4v) is 3.95. The summed E-state index contributed by atoms with van der Waals surface area (Å²) in [5, 5.41) is 9.03. The number of likely N-dealkylation sites (tertiary alicyclic amines) is 1. The molecular formula is C14H13Cl2F3N2O2. The van der Waals surface area contributed by atoms with Crippen LogP contribution in [0, 0.1) is 5.82 Å². The van der Waals surface area contributed by atoms with Gasteiger partial charge in [-0.2, -0.15) is 0 Å². The monoisotopic (exact) mass is 368 g/mol. The molecule has 3 rings (SSSR count). The Morgan fingerprint density at radius 3 is 2.52 bits per heavy atom. The summed E-state index contributed by atoms with van der Waals surface area (Å²) < 4.78 is 41.4. The lowest BCUT2D eigenvalue weighted by atomic mass is 9.90. The van der Waals surface area contributed by atoms with Crippen molar-refractivity contribution in [2.75, 3.05) is 6.54 Å². The smallest absolute Gasteiger partial charge is 0.292 e. The normalized spacial score (nSPS) is 25.3. The molecule has 1 amide bonds. The first-order valence-electron chi connectivity index (χ1n) is 7.08. The molecule has 2 aliphatic rings. The lowest BCUT2D eigenvalue weighted by Crippen LogP contribution is -2.52. The van der Waals surface area contributed by atoms with Crippen LogP contribution in [-0.2, 0) is 0 Å². The summed E-state index contributed by atoms with van der Waals surface area (Å²) in [5.74, 6) is -5.23. The quantitative estimate of drug-likeness (QED) is 0.773. The predicted molar refractivity (Wildman–Crippen MR) is 77.4 cm³/mol. The molecule has 1 aliphatic heterocycles. The van der Waals surface area contributed by atoms with Gasteiger partial charge in [-0.1, -0.05) is 36.0 Å². The molecule has 1 aromatic heterocycles. The van der Waals surface area contributed by atoms with Crippen molar-refractivity contribution in [3.8, 4) is 0 Å². The molecule has 23 heavy (non-hydrogen) atoms. The lowest BCUT2D eigenvalue weighted by molar-refractivity contribution is -0.0959. The van der Waals surface area contributed by atoms with E-state index in [2.05, 4.69) is 4.98 Å². The number of alkyl halides is 2. The molecule has 2 fully saturated rings. The van der Waals surface area contributed by atoms with Gasteiger partial charge in [0.25, 0.3) is 11.8 Å². The molecule has 4 nitrogen and oxygen atoms in total. The third kappa shape index (κ3) is 2.49. The fourth-order valence-electron chi connectivity index (χ4n) is 3.52. The second kappa shape index (κ2) is 5.50. The second-order valence-electron chi connectivity index (χ2n) is 5.96. The number of rotatable bonds is 1. The summed E-state index contributed by atoms with van der Waals surface area (Å²) in [6.07, 6.45) is -0.117. The Balaban J connectivity index is 2.01. The molecule has 1 saturated carbocycles. The van der Waals surface area contributed by atoms with Crippen LogP contribution in [0.25, 0.3) is 0 Å². The summed E-state index contributed by atoms with van der Waals surface area (Å²) in [4.78, 5) is 17.2. The van der Waals surface area contributed by atoms with Gasteiger partial charge in [-0.3, -0.25) is 4.79 Å². The van der Waals surface area contributed by atoms with E-state index in [0.29, 0.717) is 12.8 Å². The summed E-state index contributed by atoms with van der Waals surface area (Å²) in [6.45, 7) is -0.915. The molecule has 0 bridgehead atoms. The number of hydrogen-bond donors (Lipinski definition) is 1. The maximum absolute atomic E-state index is 14.0. The standard InChI is InChI=1S/C14H13Cl2F3N2O2/c15-7-5-8(20-10(16)9(7)17)11(22)21-6-14(18,19)12(23)13(21)3-1-2-4-13/h5,12,23H,1-4,6H2. The predicted octanol–water partition coefficient (Wildman–Crippen LogP) is 3.29. The molecule has 1 aromatic rings. The largest absolute Gasteiger partial charge is 0.384 e. The highest BCUT2D eigenvalue weighted by Gasteiger charge is 2.64. The van der Waals surface area contributed by atoms with Crippen molar-refractivity contribution in [1.82, 2.24) is 9.88 Å². The molecular weight excluding hydrogens is 356 g/mol. The highest BCUT2D eigenvalue weighted by atomic mass is 35.5. The summed E-state index contributed by atoms with van der Waals surface area (Å²) >= 11 is 11.2. The van der Waals surface area contributed by atoms with Gasteiger partial charge in [-0.05, 0) is 18.9 Å². The molecule has 1 atom stereocenters. The second-order valence-corrected chi connectivity index (χ2v) is 6.72. The minimum atomic E-state index is -3.41. The van der Waals surface area contributed by atoms with Gasteiger partial charge in [-0.25, -0.2) is 18.2 Å². The third-order valence-corrected chi connectivity index (χ3v) is 5.15. The van der Waals surface area contributed by atoms with Crippen molar-refractivity contribution in [1.29, 1.82) is 0 Å². The zero-order valence-corrected chi connectivity index (χ0v) is 13.3. The summed E-state index contributed by atoms with van der Waals surface area (Å²) in [6, 6.07) is 0.955. The van der Waals surface area contributed by atoms with E-state index in [-0.39, 0.29) is 18.5 Å². The van der Waals surface area contributed by atoms with Crippen molar-refractivity contribution < 1.29 is 23.1 Å². The molecule has 1 saturated heterocycles.